The molecule has 1 radical (unpaired) electrons. The first-order valence-electron chi connectivity index (χ1n) is 9.83. The second kappa shape index (κ2) is 18.0. The Hall–Kier alpha value is -0.0400. The molecular weight excluding hydrogens is 254 g/mol. The fraction of sp³-hybridized carbons (Fsp3) is 0.950. The molecule has 0 heterocycles. The predicted octanol–water partition coefficient (Wildman–Crippen LogP) is 6.67. The SMILES string of the molecule is [CH2]CNC(C)CCCCCCCCCCCCCCCC. The van der Waals surface area contributed by atoms with Crippen molar-refractivity contribution in [3.8, 4) is 0 Å². The summed E-state index contributed by atoms with van der Waals surface area (Å²) in [5.41, 5.74) is 0. The molecule has 0 aliphatic heterocycles. The lowest BCUT2D eigenvalue weighted by Gasteiger charge is -2.11. The molecule has 1 atom stereocenters. The molecule has 0 aliphatic rings. The summed E-state index contributed by atoms with van der Waals surface area (Å²) in [4.78, 5) is 0. The number of unbranched alkanes of at least 4 members (excludes halogenated alkanes) is 13. The molecule has 127 valence electrons. The van der Waals surface area contributed by atoms with Gasteiger partial charge >= 0.3 is 0 Å². The maximum atomic E-state index is 3.83. The quantitative estimate of drug-likeness (QED) is 0.295. The van der Waals surface area contributed by atoms with E-state index in [4.69, 9.17) is 0 Å². The summed E-state index contributed by atoms with van der Waals surface area (Å²) < 4.78 is 0. The molecule has 0 fully saturated rings. The van der Waals surface area contributed by atoms with Crippen molar-refractivity contribution in [2.75, 3.05) is 6.54 Å². The van der Waals surface area contributed by atoms with Crippen molar-refractivity contribution in [2.45, 2.75) is 116 Å². The summed E-state index contributed by atoms with van der Waals surface area (Å²) in [5, 5.41) is 3.38. The van der Waals surface area contributed by atoms with Gasteiger partial charge in [-0.25, -0.2) is 0 Å². The molecule has 0 bridgehead atoms. The van der Waals surface area contributed by atoms with Gasteiger partial charge in [0.1, 0.15) is 0 Å². The topological polar surface area (TPSA) is 12.0 Å². The first kappa shape index (κ1) is 21.0. The molecule has 0 aromatic heterocycles. The van der Waals surface area contributed by atoms with Gasteiger partial charge in [0.2, 0.25) is 0 Å². The lowest BCUT2D eigenvalue weighted by Crippen LogP contribution is -2.25. The van der Waals surface area contributed by atoms with E-state index in [-0.39, 0.29) is 0 Å². The standard InChI is InChI=1S/C20H42N/c1-4-6-7-8-9-10-11-12-13-14-15-16-17-18-19-20(3)21-5-2/h20-21H,2,4-19H2,1,3H3. The minimum absolute atomic E-state index is 0.653. The zero-order valence-electron chi connectivity index (χ0n) is 15.1. The summed E-state index contributed by atoms with van der Waals surface area (Å²) in [7, 11) is 0. The Morgan fingerprint density at radius 3 is 1.43 bits per heavy atom. The molecule has 0 aromatic rings. The van der Waals surface area contributed by atoms with Gasteiger partial charge in [0.15, 0.2) is 0 Å². The third-order valence-corrected chi connectivity index (χ3v) is 4.48. The van der Waals surface area contributed by atoms with E-state index in [1.165, 1.54) is 96.3 Å². The first-order valence-corrected chi connectivity index (χ1v) is 9.83. The third-order valence-electron chi connectivity index (χ3n) is 4.48. The van der Waals surface area contributed by atoms with E-state index in [1.807, 2.05) is 0 Å². The van der Waals surface area contributed by atoms with Crippen LogP contribution in [0.3, 0.4) is 0 Å². The van der Waals surface area contributed by atoms with E-state index >= 15 is 0 Å². The van der Waals surface area contributed by atoms with Crippen molar-refractivity contribution in [3.05, 3.63) is 6.92 Å². The van der Waals surface area contributed by atoms with E-state index in [0.717, 1.165) is 6.54 Å². The van der Waals surface area contributed by atoms with Gasteiger partial charge in [-0.15, -0.1) is 0 Å². The van der Waals surface area contributed by atoms with Crippen LogP contribution in [0.25, 0.3) is 0 Å². The van der Waals surface area contributed by atoms with Crippen LogP contribution in [0.4, 0.5) is 0 Å². The Morgan fingerprint density at radius 1 is 0.667 bits per heavy atom. The van der Waals surface area contributed by atoms with E-state index in [9.17, 15) is 0 Å². The summed E-state index contributed by atoms with van der Waals surface area (Å²) in [6.07, 6.45) is 21.5. The van der Waals surface area contributed by atoms with Crippen LogP contribution >= 0.6 is 0 Å². The Morgan fingerprint density at radius 2 is 1.05 bits per heavy atom. The zero-order valence-corrected chi connectivity index (χ0v) is 15.1. The maximum absolute atomic E-state index is 3.83. The van der Waals surface area contributed by atoms with Gasteiger partial charge in [-0.3, -0.25) is 0 Å². The molecule has 0 amide bonds. The van der Waals surface area contributed by atoms with Gasteiger partial charge in [0.25, 0.3) is 0 Å². The van der Waals surface area contributed by atoms with E-state index in [0.29, 0.717) is 6.04 Å². The molecule has 0 aliphatic carbocycles. The fourth-order valence-corrected chi connectivity index (χ4v) is 2.99. The molecule has 1 N–H and O–H groups in total. The Kier molecular flexibility index (Phi) is 18.0. The van der Waals surface area contributed by atoms with Gasteiger partial charge in [-0.05, 0) is 26.8 Å². The minimum Gasteiger partial charge on any atom is -0.314 e. The summed E-state index contributed by atoms with van der Waals surface area (Å²) in [6, 6.07) is 0.653. The van der Waals surface area contributed by atoms with Gasteiger partial charge < -0.3 is 5.32 Å². The molecule has 0 rings (SSSR count). The highest BCUT2D eigenvalue weighted by molar-refractivity contribution is 4.61. The number of hydrogen-bond donors (Lipinski definition) is 1. The lowest BCUT2D eigenvalue weighted by molar-refractivity contribution is 0.490. The second-order valence-corrected chi connectivity index (χ2v) is 6.74. The largest absolute Gasteiger partial charge is 0.314 e. The predicted molar refractivity (Wildman–Crippen MR) is 97.8 cm³/mol. The van der Waals surface area contributed by atoms with Crippen molar-refractivity contribution >= 4 is 0 Å². The van der Waals surface area contributed by atoms with Crippen LogP contribution in [0.2, 0.25) is 0 Å². The molecule has 21 heavy (non-hydrogen) atoms. The van der Waals surface area contributed by atoms with Crippen LogP contribution in [0.1, 0.15) is 110 Å². The Balaban J connectivity index is 2.99. The molecule has 1 nitrogen and oxygen atoms in total. The van der Waals surface area contributed by atoms with Gasteiger partial charge in [-0.1, -0.05) is 96.8 Å². The Bertz CT molecular complexity index is 179. The second-order valence-electron chi connectivity index (χ2n) is 6.74. The van der Waals surface area contributed by atoms with Crippen molar-refractivity contribution in [1.82, 2.24) is 5.32 Å². The lowest BCUT2D eigenvalue weighted by atomic mass is 10.0. The van der Waals surface area contributed by atoms with Gasteiger partial charge in [0.05, 0.1) is 0 Å². The average Bonchev–Trinajstić information content (AvgIpc) is 2.48. The van der Waals surface area contributed by atoms with Crippen LogP contribution in [0.5, 0.6) is 0 Å². The first-order chi connectivity index (χ1) is 10.3. The van der Waals surface area contributed by atoms with Crippen LogP contribution in [-0.4, -0.2) is 12.6 Å². The molecule has 0 saturated carbocycles. The molecule has 0 spiro atoms. The average molecular weight is 297 g/mol. The maximum Gasteiger partial charge on any atom is 0.00387 e. The monoisotopic (exact) mass is 296 g/mol. The molecular formula is C20H42N. The van der Waals surface area contributed by atoms with E-state index < -0.39 is 0 Å². The van der Waals surface area contributed by atoms with E-state index in [2.05, 4.69) is 26.1 Å². The van der Waals surface area contributed by atoms with Crippen molar-refractivity contribution in [3.63, 3.8) is 0 Å². The van der Waals surface area contributed by atoms with Crippen LogP contribution in [0, 0.1) is 6.92 Å². The normalized spacial score (nSPS) is 12.7. The van der Waals surface area contributed by atoms with Gasteiger partial charge in [0, 0.05) is 6.04 Å². The highest BCUT2D eigenvalue weighted by Gasteiger charge is 1.99. The van der Waals surface area contributed by atoms with Crippen molar-refractivity contribution < 1.29 is 0 Å². The van der Waals surface area contributed by atoms with Crippen molar-refractivity contribution in [1.29, 1.82) is 0 Å². The number of rotatable bonds is 17. The summed E-state index contributed by atoms with van der Waals surface area (Å²) in [5.74, 6) is 0. The molecule has 0 aromatic carbocycles. The number of hydrogen-bond acceptors (Lipinski definition) is 1. The fourth-order valence-electron chi connectivity index (χ4n) is 2.99. The Labute approximate surface area is 135 Å². The third kappa shape index (κ3) is 17.9. The van der Waals surface area contributed by atoms with E-state index in [1.54, 1.807) is 0 Å². The van der Waals surface area contributed by atoms with Crippen molar-refractivity contribution in [2.24, 2.45) is 0 Å². The van der Waals surface area contributed by atoms with Crippen LogP contribution in [-0.2, 0) is 0 Å². The van der Waals surface area contributed by atoms with Crippen LogP contribution < -0.4 is 5.32 Å². The zero-order chi connectivity index (χ0) is 15.6. The van der Waals surface area contributed by atoms with Crippen LogP contribution in [0.15, 0.2) is 0 Å². The number of nitrogens with one attached hydrogen (secondary N) is 1. The minimum atomic E-state index is 0.653. The highest BCUT2D eigenvalue weighted by Crippen LogP contribution is 2.13. The smallest absolute Gasteiger partial charge is 0.00387 e. The summed E-state index contributed by atoms with van der Waals surface area (Å²) >= 11 is 0. The highest BCUT2D eigenvalue weighted by atomic mass is 14.9. The van der Waals surface area contributed by atoms with Gasteiger partial charge in [-0.2, -0.15) is 0 Å². The molecule has 1 unspecified atom stereocenters. The molecule has 1 heteroatoms. The summed E-state index contributed by atoms with van der Waals surface area (Å²) in [6.45, 7) is 9.26. The molecule has 0 saturated heterocycles.